The summed E-state index contributed by atoms with van der Waals surface area (Å²) in [5.74, 6) is -3.59. The number of aromatic nitrogens is 3. The number of halogens is 2. The molecule has 1 atom stereocenters. The van der Waals surface area contributed by atoms with Gasteiger partial charge in [-0.2, -0.15) is 0 Å². The first-order valence-corrected chi connectivity index (χ1v) is 13.7. The van der Waals surface area contributed by atoms with Crippen molar-refractivity contribution in [2.45, 2.75) is 43.2 Å². The zero-order valence-corrected chi connectivity index (χ0v) is 20.9. The van der Waals surface area contributed by atoms with Crippen LogP contribution in [-0.4, -0.2) is 75.7 Å². The van der Waals surface area contributed by atoms with Crippen molar-refractivity contribution in [3.05, 3.63) is 41.3 Å². The third-order valence-electron chi connectivity index (χ3n) is 7.36. The molecule has 4 heterocycles. The second-order valence-electron chi connectivity index (χ2n) is 10.2. The summed E-state index contributed by atoms with van der Waals surface area (Å²) in [6.45, 7) is 0.869. The molecule has 1 aliphatic carbocycles. The van der Waals surface area contributed by atoms with Crippen molar-refractivity contribution in [1.29, 1.82) is 0 Å². The van der Waals surface area contributed by atoms with Gasteiger partial charge in [0.05, 0.1) is 35.4 Å². The Morgan fingerprint density at radius 2 is 1.95 bits per heavy atom. The molecule has 2 aromatic heterocycles. The number of benzene rings is 1. The molecule has 2 amide bonds. The SMILES string of the molecule is C[C@@H](C1CC1)N1Cc2cc(-c3cnc4c(N)nc(C(=O)N5CC(F)(F)C5)cn34)cc(S(C)(=O)=O)c2C1=O. The number of nitrogens with two attached hydrogens (primary N) is 1. The number of likely N-dealkylation sites (tertiary alicyclic amines) is 1. The Morgan fingerprint density at radius 1 is 1.24 bits per heavy atom. The minimum absolute atomic E-state index is 0.000108. The molecule has 1 aromatic carbocycles. The molecule has 37 heavy (non-hydrogen) atoms. The maximum atomic E-state index is 13.3. The number of fused-ring (bicyclic) bond motifs is 2. The molecule has 2 aliphatic heterocycles. The third-order valence-corrected chi connectivity index (χ3v) is 8.48. The normalized spacial score (nSPS) is 19.7. The molecule has 6 rings (SSSR count). The maximum Gasteiger partial charge on any atom is 0.282 e. The fourth-order valence-electron chi connectivity index (χ4n) is 5.19. The Morgan fingerprint density at radius 3 is 2.57 bits per heavy atom. The van der Waals surface area contributed by atoms with Crippen LogP contribution in [0.15, 0.2) is 29.4 Å². The van der Waals surface area contributed by atoms with Crippen LogP contribution in [0, 0.1) is 5.92 Å². The van der Waals surface area contributed by atoms with Crippen LogP contribution in [0.5, 0.6) is 0 Å². The van der Waals surface area contributed by atoms with Gasteiger partial charge in [0.15, 0.2) is 21.3 Å². The Hall–Kier alpha value is -3.61. The van der Waals surface area contributed by atoms with E-state index in [4.69, 9.17) is 5.73 Å². The summed E-state index contributed by atoms with van der Waals surface area (Å²) in [4.78, 5) is 37.0. The van der Waals surface area contributed by atoms with Gasteiger partial charge < -0.3 is 15.5 Å². The highest BCUT2D eigenvalue weighted by molar-refractivity contribution is 7.90. The van der Waals surface area contributed by atoms with Gasteiger partial charge in [0.2, 0.25) is 0 Å². The van der Waals surface area contributed by atoms with Crippen LogP contribution >= 0.6 is 0 Å². The van der Waals surface area contributed by atoms with E-state index in [1.165, 1.54) is 22.9 Å². The molecule has 2 N–H and O–H groups in total. The lowest BCUT2D eigenvalue weighted by atomic mass is 10.0. The maximum absolute atomic E-state index is 13.3. The molecule has 10 nitrogen and oxygen atoms in total. The topological polar surface area (TPSA) is 131 Å². The molecule has 194 valence electrons. The predicted octanol–water partition coefficient (Wildman–Crippen LogP) is 2.23. The van der Waals surface area contributed by atoms with E-state index >= 15 is 0 Å². The van der Waals surface area contributed by atoms with Crippen LogP contribution in [0.3, 0.4) is 0 Å². The van der Waals surface area contributed by atoms with Gasteiger partial charge in [-0.1, -0.05) is 0 Å². The molecule has 0 spiro atoms. The van der Waals surface area contributed by atoms with Gasteiger partial charge in [-0.3, -0.25) is 14.0 Å². The molecule has 0 bridgehead atoms. The van der Waals surface area contributed by atoms with E-state index in [0.29, 0.717) is 22.7 Å². The zero-order chi connectivity index (χ0) is 26.4. The molecular formula is C24H24F2N6O4S. The molecule has 3 aliphatic rings. The number of rotatable bonds is 5. The number of amides is 2. The first kappa shape index (κ1) is 23.8. The van der Waals surface area contributed by atoms with Crippen molar-refractivity contribution in [2.75, 3.05) is 25.1 Å². The van der Waals surface area contributed by atoms with E-state index in [0.717, 1.165) is 24.0 Å². The summed E-state index contributed by atoms with van der Waals surface area (Å²) in [7, 11) is -3.78. The number of alkyl halides is 2. The first-order chi connectivity index (χ1) is 17.3. The van der Waals surface area contributed by atoms with Crippen LogP contribution in [-0.2, 0) is 16.4 Å². The standard InChI is InChI=1S/C24H24F2N6O4S/c1-12(13-3-4-13)31-8-15-5-14(6-18(37(2,35)36)19(15)23(31)34)17-7-28-21-20(27)29-16(9-32(17)21)22(33)30-10-24(25,26)11-30/h5-7,9,12-13H,3-4,8,10-11H2,1-2H3,(H2,27,29)/t12-/m0/s1. The second-order valence-corrected chi connectivity index (χ2v) is 12.1. The van der Waals surface area contributed by atoms with Crippen LogP contribution in [0.1, 0.15) is 46.2 Å². The Kier molecular flexibility index (Phi) is 4.94. The predicted molar refractivity (Wildman–Crippen MR) is 129 cm³/mol. The van der Waals surface area contributed by atoms with Crippen molar-refractivity contribution in [3.63, 3.8) is 0 Å². The largest absolute Gasteiger partial charge is 0.381 e. The van der Waals surface area contributed by atoms with Gasteiger partial charge in [0.25, 0.3) is 17.7 Å². The molecule has 2 fully saturated rings. The van der Waals surface area contributed by atoms with Crippen LogP contribution in [0.25, 0.3) is 16.9 Å². The summed E-state index contributed by atoms with van der Waals surface area (Å²) >= 11 is 0. The number of imidazole rings is 1. The minimum atomic E-state index is -3.78. The molecule has 0 unspecified atom stereocenters. The van der Waals surface area contributed by atoms with Crippen molar-refractivity contribution in [2.24, 2.45) is 5.92 Å². The van der Waals surface area contributed by atoms with E-state index in [1.807, 2.05) is 6.92 Å². The monoisotopic (exact) mass is 530 g/mol. The molecular weight excluding hydrogens is 506 g/mol. The summed E-state index contributed by atoms with van der Waals surface area (Å²) < 4.78 is 53.6. The Balaban J connectivity index is 1.45. The summed E-state index contributed by atoms with van der Waals surface area (Å²) in [5.41, 5.74) is 7.77. The average molecular weight is 531 g/mol. The highest BCUT2D eigenvalue weighted by Crippen LogP contribution is 2.41. The van der Waals surface area contributed by atoms with Crippen molar-refractivity contribution in [3.8, 4) is 11.3 Å². The third kappa shape index (κ3) is 3.83. The van der Waals surface area contributed by atoms with Crippen LogP contribution < -0.4 is 5.73 Å². The van der Waals surface area contributed by atoms with Crippen molar-refractivity contribution < 1.29 is 26.8 Å². The van der Waals surface area contributed by atoms with Gasteiger partial charge in [-0.25, -0.2) is 27.2 Å². The summed E-state index contributed by atoms with van der Waals surface area (Å²) in [6.07, 6.45) is 5.96. The zero-order valence-electron chi connectivity index (χ0n) is 20.1. The number of carbonyl (C=O) groups is 2. The van der Waals surface area contributed by atoms with Crippen molar-refractivity contribution in [1.82, 2.24) is 24.2 Å². The molecule has 0 radical (unpaired) electrons. The fourth-order valence-corrected chi connectivity index (χ4v) is 6.12. The number of nitrogens with zero attached hydrogens (tertiary/aromatic N) is 5. The Bertz CT molecular complexity index is 1610. The smallest absolute Gasteiger partial charge is 0.282 e. The van der Waals surface area contributed by atoms with Crippen LogP contribution in [0.2, 0.25) is 0 Å². The molecule has 13 heteroatoms. The van der Waals surface area contributed by atoms with Crippen LogP contribution in [0.4, 0.5) is 14.6 Å². The molecule has 3 aromatic rings. The number of hydrogen-bond donors (Lipinski definition) is 1. The fraction of sp³-hybridized carbons (Fsp3) is 0.417. The van der Waals surface area contributed by atoms with E-state index in [1.54, 1.807) is 11.0 Å². The van der Waals surface area contributed by atoms with E-state index in [-0.39, 0.29) is 46.1 Å². The summed E-state index contributed by atoms with van der Waals surface area (Å²) in [6, 6.07) is 3.17. The Labute approximate surface area is 211 Å². The average Bonchev–Trinajstić information content (AvgIpc) is 3.48. The number of carbonyl (C=O) groups excluding carboxylic acids is 2. The highest BCUT2D eigenvalue weighted by Gasteiger charge is 2.47. The summed E-state index contributed by atoms with van der Waals surface area (Å²) in [5, 5.41) is 0. The first-order valence-electron chi connectivity index (χ1n) is 11.8. The van der Waals surface area contributed by atoms with Crippen molar-refractivity contribution >= 4 is 33.1 Å². The quantitative estimate of drug-likeness (QED) is 0.535. The molecule has 1 saturated heterocycles. The number of anilines is 1. The lowest BCUT2D eigenvalue weighted by molar-refractivity contribution is -0.113. The van der Waals surface area contributed by atoms with E-state index in [2.05, 4.69) is 9.97 Å². The number of nitrogen functional groups attached to an aromatic ring is 1. The second kappa shape index (κ2) is 7.70. The highest BCUT2D eigenvalue weighted by atomic mass is 32.2. The minimum Gasteiger partial charge on any atom is -0.381 e. The lowest BCUT2D eigenvalue weighted by Crippen LogP contribution is -2.58. The molecule has 1 saturated carbocycles. The van der Waals surface area contributed by atoms with Gasteiger partial charge in [-0.05, 0) is 43.4 Å². The lowest BCUT2D eigenvalue weighted by Gasteiger charge is -2.38. The number of hydrogen-bond acceptors (Lipinski definition) is 7. The van der Waals surface area contributed by atoms with Gasteiger partial charge in [0, 0.05) is 30.6 Å². The van der Waals surface area contributed by atoms with E-state index in [9.17, 15) is 26.8 Å². The van der Waals surface area contributed by atoms with Gasteiger partial charge in [-0.15, -0.1) is 0 Å². The number of sulfone groups is 1. The van der Waals surface area contributed by atoms with E-state index < -0.39 is 34.8 Å². The van der Waals surface area contributed by atoms with Gasteiger partial charge in [0.1, 0.15) is 5.69 Å². The van der Waals surface area contributed by atoms with Gasteiger partial charge >= 0.3 is 0 Å².